The van der Waals surface area contributed by atoms with Gasteiger partial charge in [0, 0.05) is 5.54 Å². The molecule has 1 atom stereocenters. The lowest BCUT2D eigenvalue weighted by Crippen LogP contribution is -2.51. The van der Waals surface area contributed by atoms with Crippen molar-refractivity contribution in [2.75, 3.05) is 6.61 Å². The van der Waals surface area contributed by atoms with E-state index in [0.717, 1.165) is 0 Å². The van der Waals surface area contributed by atoms with Gasteiger partial charge in [-0.15, -0.1) is 6.58 Å². The number of aliphatic hydroxyl groups excluding tert-OH is 1. The van der Waals surface area contributed by atoms with Crippen molar-refractivity contribution in [3.8, 4) is 0 Å². The maximum absolute atomic E-state index is 10.9. The molecule has 0 aromatic carbocycles. The van der Waals surface area contributed by atoms with Gasteiger partial charge >= 0.3 is 6.09 Å². The fourth-order valence-corrected chi connectivity index (χ4v) is 1.19. The smallest absolute Gasteiger partial charge is 0.408 e. The van der Waals surface area contributed by atoms with Gasteiger partial charge in [0.15, 0.2) is 0 Å². The molecule has 0 saturated carbocycles. The first-order valence-electron chi connectivity index (χ1n) is 4.10. The Hall–Kier alpha value is -1.03. The molecule has 0 aliphatic rings. The van der Waals surface area contributed by atoms with Gasteiger partial charge < -0.3 is 10.2 Å². The second kappa shape index (κ2) is 4.28. The highest BCUT2D eigenvalue weighted by Gasteiger charge is 2.30. The highest BCUT2D eigenvalue weighted by molar-refractivity contribution is 5.66. The summed E-state index contributed by atoms with van der Waals surface area (Å²) in [6, 6.07) is -0.544. The van der Waals surface area contributed by atoms with Gasteiger partial charge in [0.25, 0.3) is 0 Å². The van der Waals surface area contributed by atoms with Crippen molar-refractivity contribution in [1.29, 1.82) is 0 Å². The quantitative estimate of drug-likeness (QED) is 0.655. The first-order chi connectivity index (χ1) is 5.84. The Kier molecular flexibility index (Phi) is 3.94. The first kappa shape index (κ1) is 12.0. The van der Waals surface area contributed by atoms with Crippen molar-refractivity contribution in [2.45, 2.75) is 32.4 Å². The molecule has 0 aliphatic heterocycles. The van der Waals surface area contributed by atoms with Crippen LogP contribution in [0.15, 0.2) is 12.7 Å². The monoisotopic (exact) mass is 187 g/mol. The first-order valence-corrected chi connectivity index (χ1v) is 4.10. The van der Waals surface area contributed by atoms with Gasteiger partial charge in [0.1, 0.15) is 0 Å². The number of carbonyl (C=O) groups is 1. The molecule has 0 aliphatic carbocycles. The largest absolute Gasteiger partial charge is 0.465 e. The van der Waals surface area contributed by atoms with Crippen LogP contribution in [0.5, 0.6) is 0 Å². The SMILES string of the molecule is C=CC(CO)N(C(=O)O)C(C)(C)C. The number of nitrogens with zero attached hydrogens (tertiary/aromatic N) is 1. The molecule has 0 heterocycles. The number of rotatable bonds is 3. The molecule has 0 aromatic heterocycles. The maximum Gasteiger partial charge on any atom is 0.408 e. The van der Waals surface area contributed by atoms with Gasteiger partial charge in [0.05, 0.1) is 12.6 Å². The third kappa shape index (κ3) is 3.06. The topological polar surface area (TPSA) is 60.8 Å². The van der Waals surface area contributed by atoms with Crippen LogP contribution in [-0.2, 0) is 0 Å². The predicted octanol–water partition coefficient (Wildman–Crippen LogP) is 1.31. The van der Waals surface area contributed by atoms with Gasteiger partial charge in [-0.05, 0) is 20.8 Å². The number of hydrogen-bond acceptors (Lipinski definition) is 2. The lowest BCUT2D eigenvalue weighted by atomic mass is 10.0. The Labute approximate surface area is 78.5 Å². The fraction of sp³-hybridized carbons (Fsp3) is 0.667. The van der Waals surface area contributed by atoms with Gasteiger partial charge in [-0.2, -0.15) is 0 Å². The van der Waals surface area contributed by atoms with E-state index in [2.05, 4.69) is 6.58 Å². The van der Waals surface area contributed by atoms with E-state index in [9.17, 15) is 4.79 Å². The summed E-state index contributed by atoms with van der Waals surface area (Å²) in [5, 5.41) is 17.8. The standard InChI is InChI=1S/C9H17NO3/c1-5-7(6-11)10(8(12)13)9(2,3)4/h5,7,11H,1,6H2,2-4H3,(H,12,13). The lowest BCUT2D eigenvalue weighted by molar-refractivity contribution is 0.0629. The Morgan fingerprint density at radius 2 is 2.08 bits per heavy atom. The van der Waals surface area contributed by atoms with Crippen LogP contribution in [0.1, 0.15) is 20.8 Å². The van der Waals surface area contributed by atoms with Crippen molar-refractivity contribution in [2.24, 2.45) is 0 Å². The summed E-state index contributed by atoms with van der Waals surface area (Å²) in [5.74, 6) is 0. The molecular formula is C9H17NO3. The molecule has 0 radical (unpaired) electrons. The Morgan fingerprint density at radius 3 is 2.15 bits per heavy atom. The van der Waals surface area contributed by atoms with E-state index in [1.54, 1.807) is 20.8 Å². The third-order valence-electron chi connectivity index (χ3n) is 1.72. The summed E-state index contributed by atoms with van der Waals surface area (Å²) >= 11 is 0. The van der Waals surface area contributed by atoms with Gasteiger partial charge in [-0.1, -0.05) is 6.08 Å². The zero-order valence-electron chi connectivity index (χ0n) is 8.32. The third-order valence-corrected chi connectivity index (χ3v) is 1.72. The number of amides is 1. The summed E-state index contributed by atoms with van der Waals surface area (Å²) < 4.78 is 0. The van der Waals surface area contributed by atoms with Crippen LogP contribution in [0.4, 0.5) is 4.79 Å². The predicted molar refractivity (Wildman–Crippen MR) is 50.7 cm³/mol. The molecule has 4 nitrogen and oxygen atoms in total. The second-order valence-electron chi connectivity index (χ2n) is 3.81. The molecule has 13 heavy (non-hydrogen) atoms. The molecule has 2 N–H and O–H groups in total. The summed E-state index contributed by atoms with van der Waals surface area (Å²) in [7, 11) is 0. The van der Waals surface area contributed by atoms with Gasteiger partial charge in [0.2, 0.25) is 0 Å². The Balaban J connectivity index is 4.79. The number of hydrogen-bond donors (Lipinski definition) is 2. The van der Waals surface area contributed by atoms with E-state index in [1.807, 2.05) is 0 Å². The highest BCUT2D eigenvalue weighted by atomic mass is 16.4. The molecule has 0 aromatic rings. The van der Waals surface area contributed by atoms with E-state index < -0.39 is 17.7 Å². The van der Waals surface area contributed by atoms with Crippen LogP contribution in [0.2, 0.25) is 0 Å². The highest BCUT2D eigenvalue weighted by Crippen LogP contribution is 2.17. The Bertz CT molecular complexity index is 196. The van der Waals surface area contributed by atoms with Gasteiger partial charge in [-0.25, -0.2) is 4.79 Å². The zero-order chi connectivity index (χ0) is 10.6. The summed E-state index contributed by atoms with van der Waals surface area (Å²) in [6.07, 6.45) is 0.380. The molecule has 0 spiro atoms. The van der Waals surface area contributed by atoms with E-state index in [-0.39, 0.29) is 6.61 Å². The maximum atomic E-state index is 10.9. The van der Waals surface area contributed by atoms with Crippen LogP contribution < -0.4 is 0 Å². The zero-order valence-corrected chi connectivity index (χ0v) is 8.32. The average Bonchev–Trinajstić information content (AvgIpc) is 1.96. The molecule has 4 heteroatoms. The molecule has 0 rings (SSSR count). The van der Waals surface area contributed by atoms with E-state index in [4.69, 9.17) is 10.2 Å². The summed E-state index contributed by atoms with van der Waals surface area (Å²) in [4.78, 5) is 12.1. The molecule has 0 fully saturated rings. The van der Waals surface area contributed by atoms with Crippen LogP contribution >= 0.6 is 0 Å². The summed E-state index contributed by atoms with van der Waals surface area (Å²) in [5.41, 5.74) is -0.534. The minimum atomic E-state index is -1.05. The number of aliphatic hydroxyl groups is 1. The minimum Gasteiger partial charge on any atom is -0.465 e. The van der Waals surface area contributed by atoms with E-state index >= 15 is 0 Å². The minimum absolute atomic E-state index is 0.243. The fourth-order valence-electron chi connectivity index (χ4n) is 1.19. The van der Waals surface area contributed by atoms with Crippen molar-refractivity contribution >= 4 is 6.09 Å². The van der Waals surface area contributed by atoms with Crippen LogP contribution in [-0.4, -0.2) is 39.4 Å². The molecule has 0 saturated heterocycles. The Morgan fingerprint density at radius 1 is 1.62 bits per heavy atom. The van der Waals surface area contributed by atoms with E-state index in [0.29, 0.717) is 0 Å². The van der Waals surface area contributed by atoms with Crippen molar-refractivity contribution < 1.29 is 15.0 Å². The summed E-state index contributed by atoms with van der Waals surface area (Å²) in [6.45, 7) is 8.55. The van der Waals surface area contributed by atoms with E-state index in [1.165, 1.54) is 11.0 Å². The van der Waals surface area contributed by atoms with Crippen LogP contribution in [0.3, 0.4) is 0 Å². The van der Waals surface area contributed by atoms with Crippen molar-refractivity contribution in [3.05, 3.63) is 12.7 Å². The van der Waals surface area contributed by atoms with Crippen LogP contribution in [0, 0.1) is 0 Å². The normalized spacial score (nSPS) is 13.5. The molecule has 1 amide bonds. The molecule has 76 valence electrons. The van der Waals surface area contributed by atoms with Crippen LogP contribution in [0.25, 0.3) is 0 Å². The average molecular weight is 187 g/mol. The van der Waals surface area contributed by atoms with Crippen molar-refractivity contribution in [1.82, 2.24) is 4.90 Å². The molecule has 0 bridgehead atoms. The molecular weight excluding hydrogens is 170 g/mol. The molecule has 1 unspecified atom stereocenters. The van der Waals surface area contributed by atoms with Crippen molar-refractivity contribution in [3.63, 3.8) is 0 Å². The number of carboxylic acid groups (broad SMARTS) is 1. The second-order valence-corrected chi connectivity index (χ2v) is 3.81. The van der Waals surface area contributed by atoms with Gasteiger partial charge in [-0.3, -0.25) is 4.90 Å². The lowest BCUT2D eigenvalue weighted by Gasteiger charge is -2.37.